The number of halogens is 1. The fourth-order valence-electron chi connectivity index (χ4n) is 4.81. The van der Waals surface area contributed by atoms with Crippen molar-refractivity contribution in [3.8, 4) is 5.75 Å². The van der Waals surface area contributed by atoms with Crippen molar-refractivity contribution in [1.29, 1.82) is 0 Å². The summed E-state index contributed by atoms with van der Waals surface area (Å²) in [6.07, 6.45) is 0. The molecule has 0 spiro atoms. The van der Waals surface area contributed by atoms with Crippen LogP contribution in [-0.4, -0.2) is 27.0 Å². The van der Waals surface area contributed by atoms with Crippen molar-refractivity contribution < 1.29 is 23.8 Å². The standard InChI is InChI=1S/C33H26ClN3O5S2/c1-19-7-3-4-8-22(19)17-41-24-14-12-21(13-15-24)29(38)27-28(26-16-11-20(2)42-26)37(31(40)30(27)39)32-35-36-33(44-32)43-18-23-9-5-6-10-25(23)34/h3-16,28,38H,17-18H2,1-2H3. The van der Waals surface area contributed by atoms with Gasteiger partial charge in [-0.15, -0.1) is 10.2 Å². The van der Waals surface area contributed by atoms with E-state index in [0.29, 0.717) is 44.6 Å². The number of ketones is 1. The van der Waals surface area contributed by atoms with Gasteiger partial charge in [0.1, 0.15) is 35.7 Å². The van der Waals surface area contributed by atoms with Gasteiger partial charge in [-0.2, -0.15) is 0 Å². The minimum atomic E-state index is -1.03. The maximum absolute atomic E-state index is 13.5. The molecule has 0 saturated carbocycles. The highest BCUT2D eigenvalue weighted by Crippen LogP contribution is 2.44. The first-order chi connectivity index (χ1) is 21.3. The van der Waals surface area contributed by atoms with Crippen LogP contribution < -0.4 is 9.64 Å². The fraction of sp³-hybridized carbons (Fsp3) is 0.152. The van der Waals surface area contributed by atoms with Crippen LogP contribution in [0.1, 0.15) is 39.8 Å². The number of furan rings is 1. The Hall–Kier alpha value is -4.38. The number of ether oxygens (including phenoxy) is 1. The van der Waals surface area contributed by atoms with E-state index < -0.39 is 17.7 Å². The molecule has 11 heteroatoms. The summed E-state index contributed by atoms with van der Waals surface area (Å²) in [7, 11) is 0. The number of aliphatic hydroxyl groups is 1. The van der Waals surface area contributed by atoms with E-state index >= 15 is 0 Å². The molecule has 1 amide bonds. The summed E-state index contributed by atoms with van der Waals surface area (Å²) in [5.41, 5.74) is 3.39. The summed E-state index contributed by atoms with van der Waals surface area (Å²) < 4.78 is 12.4. The van der Waals surface area contributed by atoms with Gasteiger partial charge in [0.15, 0.2) is 4.34 Å². The van der Waals surface area contributed by atoms with Crippen LogP contribution in [0.4, 0.5) is 5.13 Å². The van der Waals surface area contributed by atoms with E-state index in [4.69, 9.17) is 20.8 Å². The predicted molar refractivity (Wildman–Crippen MR) is 171 cm³/mol. The van der Waals surface area contributed by atoms with Crippen molar-refractivity contribution in [1.82, 2.24) is 10.2 Å². The van der Waals surface area contributed by atoms with Crippen LogP contribution in [0.3, 0.4) is 0 Å². The summed E-state index contributed by atoms with van der Waals surface area (Å²) in [5.74, 6) is 0.0613. The highest BCUT2D eigenvalue weighted by atomic mass is 35.5. The van der Waals surface area contributed by atoms with Crippen LogP contribution in [-0.2, 0) is 21.9 Å². The molecule has 3 aromatic carbocycles. The molecule has 222 valence electrons. The number of thioether (sulfide) groups is 1. The van der Waals surface area contributed by atoms with Crippen LogP contribution in [0.5, 0.6) is 5.75 Å². The lowest BCUT2D eigenvalue weighted by Crippen LogP contribution is -2.29. The van der Waals surface area contributed by atoms with Crippen LogP contribution in [0, 0.1) is 13.8 Å². The lowest BCUT2D eigenvalue weighted by Gasteiger charge is -2.20. The number of rotatable bonds is 9. The summed E-state index contributed by atoms with van der Waals surface area (Å²) >= 11 is 8.88. The molecule has 1 aliphatic rings. The van der Waals surface area contributed by atoms with Crippen molar-refractivity contribution in [2.45, 2.75) is 36.6 Å². The lowest BCUT2D eigenvalue weighted by molar-refractivity contribution is -0.132. The number of aromatic nitrogens is 2. The second-order valence-corrected chi connectivity index (χ2v) is 12.7. The molecule has 0 aliphatic carbocycles. The number of carbonyl (C=O) groups excluding carboxylic acids is 2. The number of hydrogen-bond donors (Lipinski definition) is 1. The third-order valence-electron chi connectivity index (χ3n) is 7.17. The maximum Gasteiger partial charge on any atom is 0.302 e. The highest BCUT2D eigenvalue weighted by molar-refractivity contribution is 8.00. The van der Waals surface area contributed by atoms with Crippen molar-refractivity contribution in [2.75, 3.05) is 4.90 Å². The largest absolute Gasteiger partial charge is 0.507 e. The highest BCUT2D eigenvalue weighted by Gasteiger charge is 2.49. The van der Waals surface area contributed by atoms with Gasteiger partial charge in [-0.25, -0.2) is 0 Å². The number of anilines is 1. The molecule has 1 unspecified atom stereocenters. The average molecular weight is 644 g/mol. The number of amides is 1. The molecule has 0 radical (unpaired) electrons. The van der Waals surface area contributed by atoms with Gasteiger partial charge in [0, 0.05) is 16.3 Å². The zero-order valence-electron chi connectivity index (χ0n) is 23.7. The number of carbonyl (C=O) groups is 2. The summed E-state index contributed by atoms with van der Waals surface area (Å²) in [6.45, 7) is 4.18. The van der Waals surface area contributed by atoms with Gasteiger partial charge in [-0.1, -0.05) is 77.2 Å². The quantitative estimate of drug-likeness (QED) is 0.0568. The Morgan fingerprint density at radius 1 is 0.977 bits per heavy atom. The van der Waals surface area contributed by atoms with Crippen molar-refractivity contribution in [2.24, 2.45) is 0 Å². The van der Waals surface area contributed by atoms with Crippen LogP contribution in [0.15, 0.2) is 99.3 Å². The molecular weight excluding hydrogens is 618 g/mol. The van der Waals surface area contributed by atoms with Gasteiger partial charge >= 0.3 is 5.91 Å². The zero-order chi connectivity index (χ0) is 30.8. The first-order valence-corrected chi connectivity index (χ1v) is 15.8. The van der Waals surface area contributed by atoms with Crippen LogP contribution >= 0.6 is 34.7 Å². The van der Waals surface area contributed by atoms with Crippen molar-refractivity contribution in [3.63, 3.8) is 0 Å². The Morgan fingerprint density at radius 3 is 2.41 bits per heavy atom. The van der Waals surface area contributed by atoms with Gasteiger partial charge in [0.25, 0.3) is 5.78 Å². The number of nitrogens with zero attached hydrogens (tertiary/aromatic N) is 3. The maximum atomic E-state index is 13.5. The predicted octanol–water partition coefficient (Wildman–Crippen LogP) is 7.90. The first-order valence-electron chi connectivity index (χ1n) is 13.6. The van der Waals surface area contributed by atoms with Crippen LogP contribution in [0.25, 0.3) is 5.76 Å². The third kappa shape index (κ3) is 6.01. The monoisotopic (exact) mass is 643 g/mol. The Labute approximate surface area is 267 Å². The molecule has 2 aromatic heterocycles. The molecule has 1 saturated heterocycles. The fourth-order valence-corrected chi connectivity index (χ4v) is 6.96. The Balaban J connectivity index is 1.29. The van der Waals surface area contributed by atoms with Crippen molar-refractivity contribution in [3.05, 3.63) is 129 Å². The van der Waals surface area contributed by atoms with Gasteiger partial charge in [-0.3, -0.25) is 14.5 Å². The molecule has 1 atom stereocenters. The number of benzene rings is 3. The number of aryl methyl sites for hydroxylation is 2. The number of hydrogen-bond acceptors (Lipinski definition) is 9. The molecule has 5 aromatic rings. The van der Waals surface area contributed by atoms with Gasteiger partial charge in [-0.05, 0) is 73.0 Å². The second-order valence-electron chi connectivity index (χ2n) is 10.1. The first kappa shape index (κ1) is 29.7. The number of aliphatic hydroxyl groups excluding tert-OH is 1. The normalized spacial score (nSPS) is 16.1. The van der Waals surface area contributed by atoms with E-state index in [9.17, 15) is 14.7 Å². The zero-order valence-corrected chi connectivity index (χ0v) is 26.1. The molecule has 1 aliphatic heterocycles. The molecular formula is C33H26ClN3O5S2. The smallest absolute Gasteiger partial charge is 0.302 e. The third-order valence-corrected chi connectivity index (χ3v) is 9.64. The second kappa shape index (κ2) is 12.7. The van der Waals surface area contributed by atoms with E-state index in [2.05, 4.69) is 10.2 Å². The molecule has 1 N–H and O–H groups in total. The Kier molecular flexibility index (Phi) is 8.56. The van der Waals surface area contributed by atoms with E-state index in [0.717, 1.165) is 16.7 Å². The molecule has 8 nitrogen and oxygen atoms in total. The average Bonchev–Trinajstić information content (AvgIpc) is 3.74. The van der Waals surface area contributed by atoms with E-state index in [1.54, 1.807) is 43.3 Å². The minimum Gasteiger partial charge on any atom is -0.507 e. The van der Waals surface area contributed by atoms with Gasteiger partial charge < -0.3 is 14.3 Å². The van der Waals surface area contributed by atoms with E-state index in [1.807, 2.05) is 55.5 Å². The van der Waals surface area contributed by atoms with Gasteiger partial charge in [0.05, 0.1) is 5.57 Å². The van der Waals surface area contributed by atoms with Crippen LogP contribution in [0.2, 0.25) is 5.02 Å². The molecule has 3 heterocycles. The summed E-state index contributed by atoms with van der Waals surface area (Å²) in [6, 6.07) is 24.6. The molecule has 44 heavy (non-hydrogen) atoms. The SMILES string of the molecule is Cc1ccc(C2C(=C(O)c3ccc(OCc4ccccc4C)cc3)C(=O)C(=O)N2c2nnc(SCc3ccccc3Cl)s2)o1. The number of Topliss-reactive ketones (excluding diaryl/α,β-unsaturated/α-hetero) is 1. The van der Waals surface area contributed by atoms with Crippen molar-refractivity contribution >= 4 is 57.3 Å². The Morgan fingerprint density at radius 2 is 1.70 bits per heavy atom. The molecule has 0 bridgehead atoms. The Bertz CT molecular complexity index is 1880. The minimum absolute atomic E-state index is 0.0987. The lowest BCUT2D eigenvalue weighted by atomic mass is 9.99. The van der Waals surface area contributed by atoms with Gasteiger partial charge in [0.2, 0.25) is 5.13 Å². The summed E-state index contributed by atoms with van der Waals surface area (Å²) in [4.78, 5) is 28.2. The summed E-state index contributed by atoms with van der Waals surface area (Å²) in [5, 5.41) is 20.8. The van der Waals surface area contributed by atoms with E-state index in [1.165, 1.54) is 28.0 Å². The molecule has 1 fully saturated rings. The molecule has 6 rings (SSSR count). The van der Waals surface area contributed by atoms with E-state index in [-0.39, 0.29) is 16.5 Å². The topological polar surface area (TPSA) is 106 Å².